The summed E-state index contributed by atoms with van der Waals surface area (Å²) in [4.78, 5) is 1.58. The van der Waals surface area contributed by atoms with E-state index in [4.69, 9.17) is 0 Å². The molecule has 0 aromatic heterocycles. The van der Waals surface area contributed by atoms with Gasteiger partial charge in [-0.3, -0.25) is 0 Å². The van der Waals surface area contributed by atoms with Crippen LogP contribution in [0, 0.1) is 114 Å². The lowest BCUT2D eigenvalue weighted by molar-refractivity contribution is -0.829. The number of benzene rings is 5. The molecule has 0 amide bonds. The number of rotatable bonds is 7. The van der Waals surface area contributed by atoms with E-state index in [0.29, 0.717) is 0 Å². The highest BCUT2D eigenvalue weighted by Crippen LogP contribution is 2.27. The van der Waals surface area contributed by atoms with E-state index in [9.17, 15) is 35.1 Å². The molecule has 5 rings (SSSR count). The van der Waals surface area contributed by atoms with Gasteiger partial charge in [0.05, 0.1) is 36.4 Å². The molecule has 294 valence electrons. The Labute approximate surface area is 302 Å². The van der Waals surface area contributed by atoms with Crippen molar-refractivity contribution in [2.45, 2.75) is 34.6 Å². The molecule has 0 aliphatic carbocycles. The Balaban J connectivity index is 0.000000404. The lowest BCUT2D eigenvalue weighted by Gasteiger charge is -2.44. The molecule has 0 spiro atoms. The molecule has 18 heteroatoms. The zero-order chi connectivity index (χ0) is 41.6. The van der Waals surface area contributed by atoms with Crippen LogP contribution in [0.15, 0.2) is 36.4 Å². The summed E-state index contributed by atoms with van der Waals surface area (Å²) in [7, 11) is 0. The summed E-state index contributed by atoms with van der Waals surface area (Å²) < 4.78 is 235. The molecule has 0 bridgehead atoms. The minimum Gasteiger partial charge on any atom is -0.302 e. The minimum absolute atomic E-state index is 0.731. The zero-order valence-electron chi connectivity index (χ0n) is 29.0. The van der Waals surface area contributed by atoms with E-state index in [1.807, 2.05) is 0 Å². The largest absolute Gasteiger partial charge is 0.302 e. The van der Waals surface area contributed by atoms with Crippen molar-refractivity contribution < 1.29 is 75.1 Å². The van der Waals surface area contributed by atoms with Crippen molar-refractivity contribution >= 4 is 33.7 Å². The van der Waals surface area contributed by atoms with Gasteiger partial charge in [0, 0.05) is 35.4 Å². The maximum absolute atomic E-state index is 15.3. The summed E-state index contributed by atoms with van der Waals surface area (Å²) in [5.41, 5.74) is -5.21. The van der Waals surface area contributed by atoms with Crippen LogP contribution >= 0.6 is 0 Å². The number of quaternary nitrogens is 1. The summed E-state index contributed by atoms with van der Waals surface area (Å²) in [5.74, 6) is -45.1. The fourth-order valence-electron chi connectivity index (χ4n) is 7.12. The monoisotopic (exact) mass is 799 g/mol. The number of hydrogen-bond acceptors (Lipinski definition) is 0. The Morgan fingerprint density at radius 3 is 0.818 bits per heavy atom. The fraction of sp³-hybridized carbons (Fsp3) is 0.189. The van der Waals surface area contributed by atoms with Crippen molar-refractivity contribution in [3.63, 3.8) is 0 Å². The highest BCUT2D eigenvalue weighted by molar-refractivity contribution is 7.20. The summed E-state index contributed by atoms with van der Waals surface area (Å²) in [5, 5.41) is 0. The zero-order valence-corrected chi connectivity index (χ0v) is 29.0. The van der Waals surface area contributed by atoms with Gasteiger partial charge in [-0.05, 0) is 34.6 Å². The molecule has 0 fully saturated rings. The lowest BCUT2D eigenvalue weighted by Crippen LogP contribution is -3.06. The van der Waals surface area contributed by atoms with Crippen LogP contribution in [0.2, 0.25) is 0 Å². The number of hydrogen-bond donors (Lipinski definition) is 1. The molecule has 0 saturated carbocycles. The van der Waals surface area contributed by atoms with Crippen LogP contribution in [0.1, 0.15) is 30.5 Å². The normalized spacial score (nSPS) is 11.7. The second kappa shape index (κ2) is 16.0. The van der Waals surface area contributed by atoms with Crippen LogP contribution in [-0.4, -0.2) is 19.2 Å². The molecule has 0 saturated heterocycles. The molecule has 0 unspecified atom stereocenters. The third-order valence-electron chi connectivity index (χ3n) is 9.21. The van der Waals surface area contributed by atoms with E-state index in [0.717, 1.165) is 0 Å². The van der Waals surface area contributed by atoms with Gasteiger partial charge in [-0.2, -0.15) is 0 Å². The quantitative estimate of drug-likeness (QED) is 0.0756. The SMILES string of the molecule is CC[NH+](CC)c1c(C)cc(C)cc1C.Fc1cc(F)c([B-](c2c(F)cc(F)c(F)c2F)(c2c(F)cc(F)c(F)c2F)c2c(F)cc(F)c(F)c2F)c(F)c1F. The first-order valence-electron chi connectivity index (χ1n) is 16.0. The Bertz CT molecular complexity index is 2040. The highest BCUT2D eigenvalue weighted by Gasteiger charge is 2.49. The fourth-order valence-corrected chi connectivity index (χ4v) is 7.12. The van der Waals surface area contributed by atoms with E-state index in [1.165, 1.54) is 35.5 Å². The predicted octanol–water partition coefficient (Wildman–Crippen LogP) is 7.46. The number of halogens is 16. The molecular formula is C37H26BF16N. The van der Waals surface area contributed by atoms with E-state index in [-0.39, 0.29) is 0 Å². The highest BCUT2D eigenvalue weighted by atomic mass is 19.2. The molecule has 0 heterocycles. The number of aryl methyl sites for hydroxylation is 3. The minimum atomic E-state index is -6.18. The summed E-state index contributed by atoms with van der Waals surface area (Å²) in [6, 6.07) is 1.65. The Morgan fingerprint density at radius 2 is 0.600 bits per heavy atom. The van der Waals surface area contributed by atoms with Crippen molar-refractivity contribution in [1.82, 2.24) is 0 Å². The third kappa shape index (κ3) is 7.16. The molecule has 0 atom stereocenters. The van der Waals surface area contributed by atoms with Crippen molar-refractivity contribution in [2.24, 2.45) is 0 Å². The Hall–Kier alpha value is -5.00. The topological polar surface area (TPSA) is 4.44 Å². The van der Waals surface area contributed by atoms with Crippen molar-refractivity contribution in [1.29, 1.82) is 0 Å². The van der Waals surface area contributed by atoms with E-state index in [2.05, 4.69) is 46.8 Å². The molecule has 1 nitrogen and oxygen atoms in total. The van der Waals surface area contributed by atoms with Gasteiger partial charge in [0.1, 0.15) is 35.1 Å². The van der Waals surface area contributed by atoms with Gasteiger partial charge in [0.15, 0.2) is 46.5 Å². The molecular weight excluding hydrogens is 773 g/mol. The molecule has 0 aliphatic rings. The standard InChI is InChI=1S/C24H4BF16.C13H21N/c26-5-1-9(30)17(34)21(38)13(5)25(14-6(27)2-10(31)18(35)22(14)39,15-7(28)3-11(32)19(36)23(15)40)16-8(29)4-12(33)20(37)24(16)41;1-6-14(7-2)13-11(4)8-10(3)9-12(13)5/h1-4H;8-9H,6-7H2,1-5H3/q-1;/p+1. The first-order valence-corrected chi connectivity index (χ1v) is 16.0. The molecule has 0 radical (unpaired) electrons. The Morgan fingerprint density at radius 1 is 0.364 bits per heavy atom. The summed E-state index contributed by atoms with van der Waals surface area (Å²) in [6.45, 7) is 13.4. The predicted molar refractivity (Wildman–Crippen MR) is 172 cm³/mol. The van der Waals surface area contributed by atoms with E-state index in [1.54, 1.807) is 4.90 Å². The maximum Gasteiger partial charge on any atom is 0.191 e. The van der Waals surface area contributed by atoms with Gasteiger partial charge in [0.25, 0.3) is 0 Å². The van der Waals surface area contributed by atoms with Gasteiger partial charge < -0.3 is 4.90 Å². The van der Waals surface area contributed by atoms with Crippen LogP contribution in [-0.2, 0) is 0 Å². The molecule has 1 N–H and O–H groups in total. The van der Waals surface area contributed by atoms with Crippen LogP contribution in [0.4, 0.5) is 75.9 Å². The summed E-state index contributed by atoms with van der Waals surface area (Å²) >= 11 is 0. The average molecular weight is 799 g/mol. The van der Waals surface area contributed by atoms with Crippen molar-refractivity contribution in [2.75, 3.05) is 13.1 Å². The van der Waals surface area contributed by atoms with Gasteiger partial charge >= 0.3 is 0 Å². The first-order chi connectivity index (χ1) is 25.6. The van der Waals surface area contributed by atoms with Gasteiger partial charge in [-0.25, -0.2) is 70.2 Å². The second-order valence-electron chi connectivity index (χ2n) is 12.5. The second-order valence-corrected chi connectivity index (χ2v) is 12.5. The molecule has 5 aromatic rings. The van der Waals surface area contributed by atoms with Crippen LogP contribution in [0.3, 0.4) is 0 Å². The van der Waals surface area contributed by atoms with Crippen LogP contribution in [0.5, 0.6) is 0 Å². The van der Waals surface area contributed by atoms with Gasteiger partial charge in [-0.1, -0.05) is 17.7 Å². The number of nitrogens with one attached hydrogen (secondary N) is 1. The summed E-state index contributed by atoms with van der Waals surface area (Å²) in [6.07, 6.45) is -6.18. The lowest BCUT2D eigenvalue weighted by atomic mass is 9.12. The molecule has 0 aliphatic heterocycles. The maximum atomic E-state index is 15.3. The Kier molecular flexibility index (Phi) is 12.4. The molecule has 5 aromatic carbocycles. The smallest absolute Gasteiger partial charge is 0.191 e. The van der Waals surface area contributed by atoms with E-state index >= 15 is 35.1 Å². The average Bonchev–Trinajstić information content (AvgIpc) is 3.09. The third-order valence-corrected chi connectivity index (χ3v) is 9.21. The van der Waals surface area contributed by atoms with Gasteiger partial charge in [-0.15, -0.1) is 21.9 Å². The first kappa shape index (κ1) is 42.7. The van der Waals surface area contributed by atoms with Crippen molar-refractivity contribution in [3.8, 4) is 0 Å². The molecule has 55 heavy (non-hydrogen) atoms. The van der Waals surface area contributed by atoms with E-state index < -0.39 is 145 Å². The van der Waals surface area contributed by atoms with Gasteiger partial charge in [0.2, 0.25) is 0 Å². The van der Waals surface area contributed by atoms with Crippen LogP contribution in [0.25, 0.3) is 0 Å². The van der Waals surface area contributed by atoms with Crippen molar-refractivity contribution in [3.05, 3.63) is 146 Å². The van der Waals surface area contributed by atoms with Crippen LogP contribution < -0.4 is 26.8 Å².